The van der Waals surface area contributed by atoms with Crippen molar-refractivity contribution in [3.8, 4) is 0 Å². The van der Waals surface area contributed by atoms with E-state index in [1.807, 2.05) is 30.3 Å². The van der Waals surface area contributed by atoms with Gasteiger partial charge in [-0.25, -0.2) is 9.59 Å². The highest BCUT2D eigenvalue weighted by molar-refractivity contribution is 5.87. The predicted octanol–water partition coefficient (Wildman–Crippen LogP) is 2.34. The van der Waals surface area contributed by atoms with Crippen molar-refractivity contribution >= 4 is 12.1 Å². The molecule has 0 saturated heterocycles. The minimum absolute atomic E-state index is 0.0277. The average Bonchev–Trinajstić information content (AvgIpc) is 2.58. The van der Waals surface area contributed by atoms with E-state index in [0.29, 0.717) is 5.56 Å². The van der Waals surface area contributed by atoms with E-state index in [4.69, 9.17) is 9.84 Å². The van der Waals surface area contributed by atoms with Gasteiger partial charge in [-0.2, -0.15) is 0 Å². The molecular weight excluding hydrogens is 298 g/mol. The summed E-state index contributed by atoms with van der Waals surface area (Å²) in [6.45, 7) is 0.121. The lowest BCUT2D eigenvalue weighted by molar-refractivity contribution is 0.0696. The molecular formula is C17H17NO5. The van der Waals surface area contributed by atoms with Crippen LogP contribution in [0.5, 0.6) is 0 Å². The molecule has 0 heterocycles. The average molecular weight is 315 g/mol. The van der Waals surface area contributed by atoms with Gasteiger partial charge in [0.25, 0.3) is 0 Å². The summed E-state index contributed by atoms with van der Waals surface area (Å²) in [5.41, 5.74) is 1.52. The molecule has 1 atom stereocenters. The van der Waals surface area contributed by atoms with Gasteiger partial charge in [0.2, 0.25) is 0 Å². The zero-order valence-electron chi connectivity index (χ0n) is 12.3. The number of amides is 1. The molecule has 0 radical (unpaired) electrons. The number of benzene rings is 2. The fraction of sp³-hybridized carbons (Fsp3) is 0.176. The van der Waals surface area contributed by atoms with E-state index in [2.05, 4.69) is 5.32 Å². The Morgan fingerprint density at radius 3 is 2.30 bits per heavy atom. The third-order valence-corrected chi connectivity index (χ3v) is 3.19. The van der Waals surface area contributed by atoms with Crippen LogP contribution in [-0.4, -0.2) is 28.8 Å². The summed E-state index contributed by atoms with van der Waals surface area (Å²) >= 11 is 0. The van der Waals surface area contributed by atoms with Crippen molar-refractivity contribution in [3.63, 3.8) is 0 Å². The summed E-state index contributed by atoms with van der Waals surface area (Å²) in [4.78, 5) is 22.3. The molecule has 2 rings (SSSR count). The predicted molar refractivity (Wildman–Crippen MR) is 83.0 cm³/mol. The number of rotatable bonds is 6. The van der Waals surface area contributed by atoms with Crippen LogP contribution in [-0.2, 0) is 11.3 Å². The Bertz CT molecular complexity index is 654. The molecule has 2 aromatic rings. The lowest BCUT2D eigenvalue weighted by atomic mass is 10.1. The Morgan fingerprint density at radius 2 is 1.70 bits per heavy atom. The highest BCUT2D eigenvalue weighted by Gasteiger charge is 2.11. The fourth-order valence-electron chi connectivity index (χ4n) is 1.92. The summed E-state index contributed by atoms with van der Waals surface area (Å²) in [7, 11) is 0. The van der Waals surface area contributed by atoms with E-state index in [1.165, 1.54) is 24.3 Å². The number of carboxylic acids is 1. The topological polar surface area (TPSA) is 95.9 Å². The second-order valence-electron chi connectivity index (χ2n) is 4.89. The molecule has 0 aliphatic rings. The molecule has 0 saturated carbocycles. The van der Waals surface area contributed by atoms with Gasteiger partial charge in [-0.1, -0.05) is 42.5 Å². The molecule has 6 heteroatoms. The summed E-state index contributed by atoms with van der Waals surface area (Å²) in [6.07, 6.45) is -1.57. The van der Waals surface area contributed by atoms with Crippen molar-refractivity contribution in [2.75, 3.05) is 6.54 Å². The number of carbonyl (C=O) groups excluding carboxylic acids is 1. The van der Waals surface area contributed by atoms with Crippen molar-refractivity contribution in [2.24, 2.45) is 0 Å². The fourth-order valence-corrected chi connectivity index (χ4v) is 1.92. The second-order valence-corrected chi connectivity index (χ2v) is 4.89. The Morgan fingerprint density at radius 1 is 1.04 bits per heavy atom. The minimum Gasteiger partial charge on any atom is -0.478 e. The SMILES string of the molecule is O=C(NC[C@@H](O)c1ccc(C(=O)O)cc1)OCc1ccccc1. The highest BCUT2D eigenvalue weighted by Crippen LogP contribution is 2.13. The molecule has 0 aromatic heterocycles. The van der Waals surface area contributed by atoms with Crippen LogP contribution >= 0.6 is 0 Å². The number of ether oxygens (including phenoxy) is 1. The molecule has 6 nitrogen and oxygen atoms in total. The molecule has 120 valence electrons. The second kappa shape index (κ2) is 7.95. The molecule has 0 unspecified atom stereocenters. The lowest BCUT2D eigenvalue weighted by Crippen LogP contribution is -2.28. The van der Waals surface area contributed by atoms with Crippen molar-refractivity contribution < 1.29 is 24.5 Å². The number of nitrogens with one attached hydrogen (secondary N) is 1. The zero-order chi connectivity index (χ0) is 16.7. The third-order valence-electron chi connectivity index (χ3n) is 3.19. The maximum atomic E-state index is 11.6. The number of hydrogen-bond acceptors (Lipinski definition) is 4. The van der Waals surface area contributed by atoms with Gasteiger partial charge in [0.1, 0.15) is 6.61 Å². The first-order chi connectivity index (χ1) is 11.1. The zero-order valence-corrected chi connectivity index (χ0v) is 12.3. The van der Waals surface area contributed by atoms with Crippen LogP contribution in [0.4, 0.5) is 4.79 Å². The van der Waals surface area contributed by atoms with E-state index in [0.717, 1.165) is 5.56 Å². The van der Waals surface area contributed by atoms with E-state index >= 15 is 0 Å². The van der Waals surface area contributed by atoms with E-state index in [9.17, 15) is 14.7 Å². The number of aromatic carboxylic acids is 1. The van der Waals surface area contributed by atoms with Gasteiger partial charge in [0.15, 0.2) is 0 Å². The molecule has 3 N–H and O–H groups in total. The van der Waals surface area contributed by atoms with Crippen molar-refractivity contribution in [1.29, 1.82) is 0 Å². The van der Waals surface area contributed by atoms with Crippen LogP contribution in [0, 0.1) is 0 Å². The van der Waals surface area contributed by atoms with Crippen LogP contribution < -0.4 is 5.32 Å². The number of aliphatic hydroxyl groups excluding tert-OH is 1. The van der Waals surface area contributed by atoms with Crippen LogP contribution in [0.3, 0.4) is 0 Å². The van der Waals surface area contributed by atoms with Crippen LogP contribution in [0.2, 0.25) is 0 Å². The Labute approximate surface area is 133 Å². The summed E-state index contributed by atoms with van der Waals surface area (Å²) in [5.74, 6) is -1.03. The number of carbonyl (C=O) groups is 2. The molecule has 0 bridgehead atoms. The number of carboxylic acid groups (broad SMARTS) is 1. The number of hydrogen-bond donors (Lipinski definition) is 3. The largest absolute Gasteiger partial charge is 0.478 e. The van der Waals surface area contributed by atoms with E-state index < -0.39 is 18.2 Å². The maximum Gasteiger partial charge on any atom is 0.407 e. The van der Waals surface area contributed by atoms with Gasteiger partial charge in [0.05, 0.1) is 18.2 Å². The van der Waals surface area contributed by atoms with Crippen LogP contribution in [0.25, 0.3) is 0 Å². The highest BCUT2D eigenvalue weighted by atomic mass is 16.5. The van der Waals surface area contributed by atoms with Gasteiger partial charge < -0.3 is 20.3 Å². The first-order valence-electron chi connectivity index (χ1n) is 7.02. The first-order valence-corrected chi connectivity index (χ1v) is 7.02. The van der Waals surface area contributed by atoms with E-state index in [-0.39, 0.29) is 18.7 Å². The smallest absolute Gasteiger partial charge is 0.407 e. The van der Waals surface area contributed by atoms with Crippen molar-refractivity contribution in [2.45, 2.75) is 12.7 Å². The Hall–Kier alpha value is -2.86. The molecule has 0 fully saturated rings. The summed E-state index contributed by atoms with van der Waals surface area (Å²) < 4.78 is 5.03. The van der Waals surface area contributed by atoms with Crippen LogP contribution in [0.15, 0.2) is 54.6 Å². The minimum atomic E-state index is -1.03. The number of aliphatic hydroxyl groups is 1. The Balaban J connectivity index is 1.78. The summed E-state index contributed by atoms with van der Waals surface area (Å²) in [5, 5.41) is 21.2. The quantitative estimate of drug-likeness (QED) is 0.760. The van der Waals surface area contributed by atoms with E-state index in [1.54, 1.807) is 0 Å². The first kappa shape index (κ1) is 16.5. The molecule has 0 spiro atoms. The van der Waals surface area contributed by atoms with Crippen molar-refractivity contribution in [3.05, 3.63) is 71.3 Å². The molecule has 1 amide bonds. The summed E-state index contributed by atoms with van der Waals surface area (Å²) in [6, 6.07) is 15.1. The van der Waals surface area contributed by atoms with Gasteiger partial charge in [-0.15, -0.1) is 0 Å². The normalized spacial score (nSPS) is 11.5. The van der Waals surface area contributed by atoms with Gasteiger partial charge in [0, 0.05) is 0 Å². The maximum absolute atomic E-state index is 11.6. The number of alkyl carbamates (subject to hydrolysis) is 1. The van der Waals surface area contributed by atoms with Gasteiger partial charge in [-0.3, -0.25) is 0 Å². The molecule has 2 aromatic carbocycles. The monoisotopic (exact) mass is 315 g/mol. The Kier molecular flexibility index (Phi) is 5.71. The lowest BCUT2D eigenvalue weighted by Gasteiger charge is -2.12. The molecule has 0 aliphatic carbocycles. The third kappa shape index (κ3) is 5.12. The van der Waals surface area contributed by atoms with Crippen molar-refractivity contribution in [1.82, 2.24) is 5.32 Å². The molecule has 23 heavy (non-hydrogen) atoms. The van der Waals surface area contributed by atoms with Crippen LogP contribution in [0.1, 0.15) is 27.6 Å². The van der Waals surface area contributed by atoms with Gasteiger partial charge in [-0.05, 0) is 23.3 Å². The van der Waals surface area contributed by atoms with Gasteiger partial charge >= 0.3 is 12.1 Å². The standard InChI is InChI=1S/C17H17NO5/c19-15(13-6-8-14(9-7-13)16(20)21)10-18-17(22)23-11-12-4-2-1-3-5-12/h1-9,15,19H,10-11H2,(H,18,22)(H,20,21)/t15-/m1/s1. The molecule has 0 aliphatic heterocycles.